The maximum absolute atomic E-state index is 5.72. The number of aryl methyl sites for hydroxylation is 1. The minimum Gasteiger partial charge on any atom is -0.463 e. The third kappa shape index (κ3) is 3.56. The lowest BCUT2D eigenvalue weighted by Gasteiger charge is -2.08. The van der Waals surface area contributed by atoms with Gasteiger partial charge in [-0.25, -0.2) is 0 Å². The van der Waals surface area contributed by atoms with Crippen molar-refractivity contribution < 1.29 is 4.42 Å². The van der Waals surface area contributed by atoms with Gasteiger partial charge in [-0.1, -0.05) is 6.07 Å². The normalized spacial score (nSPS) is 10.6. The number of hydrogen-bond donors (Lipinski definition) is 1. The van der Waals surface area contributed by atoms with E-state index in [4.69, 9.17) is 4.42 Å². The van der Waals surface area contributed by atoms with Gasteiger partial charge in [-0.05, 0) is 58.9 Å². The van der Waals surface area contributed by atoms with Crippen LogP contribution in [0.15, 0.2) is 39.2 Å². The molecule has 0 bridgehead atoms. The van der Waals surface area contributed by atoms with E-state index in [9.17, 15) is 0 Å². The van der Waals surface area contributed by atoms with Gasteiger partial charge in [0.05, 0.1) is 12.3 Å². The summed E-state index contributed by atoms with van der Waals surface area (Å²) in [5.41, 5.74) is 2.33. The fourth-order valence-electron chi connectivity index (χ4n) is 1.69. The van der Waals surface area contributed by atoms with E-state index < -0.39 is 0 Å². The highest BCUT2D eigenvalue weighted by Crippen LogP contribution is 2.24. The zero-order chi connectivity index (χ0) is 13.0. The Labute approximate surface area is 120 Å². The van der Waals surface area contributed by atoms with Crippen LogP contribution >= 0.6 is 27.7 Å². The predicted molar refractivity (Wildman–Crippen MR) is 82.1 cm³/mol. The molecule has 2 rings (SSSR count). The van der Waals surface area contributed by atoms with Gasteiger partial charge >= 0.3 is 0 Å². The zero-order valence-electron chi connectivity index (χ0n) is 10.5. The molecule has 96 valence electrons. The molecule has 0 saturated heterocycles. The minimum atomic E-state index is 0.705. The van der Waals surface area contributed by atoms with E-state index in [1.807, 2.05) is 12.1 Å². The van der Waals surface area contributed by atoms with Crippen molar-refractivity contribution in [3.63, 3.8) is 0 Å². The Bertz CT molecular complexity index is 524. The standard InChI is InChI=1S/C14H16BrNOS/c1-10-3-6-13(15)14(7-10)16-8-11-4-5-12(17-11)9-18-2/h3-7,16H,8-9H2,1-2H3. The van der Waals surface area contributed by atoms with E-state index in [1.54, 1.807) is 11.8 Å². The molecular weight excluding hydrogens is 310 g/mol. The molecule has 0 spiro atoms. The van der Waals surface area contributed by atoms with Gasteiger partial charge < -0.3 is 9.73 Å². The van der Waals surface area contributed by atoms with Gasteiger partial charge in [-0.15, -0.1) is 0 Å². The van der Waals surface area contributed by atoms with Crippen LogP contribution in [-0.2, 0) is 12.3 Å². The van der Waals surface area contributed by atoms with Crippen molar-refractivity contribution in [1.29, 1.82) is 0 Å². The van der Waals surface area contributed by atoms with Crippen molar-refractivity contribution in [3.8, 4) is 0 Å². The number of nitrogens with one attached hydrogen (secondary N) is 1. The van der Waals surface area contributed by atoms with E-state index in [1.165, 1.54) is 5.56 Å². The van der Waals surface area contributed by atoms with E-state index in [0.717, 1.165) is 27.4 Å². The molecular formula is C14H16BrNOS. The van der Waals surface area contributed by atoms with E-state index >= 15 is 0 Å². The molecule has 0 aliphatic rings. The first-order valence-electron chi connectivity index (χ1n) is 5.75. The predicted octanol–water partition coefficient (Wildman–Crippen LogP) is 4.83. The molecule has 0 saturated carbocycles. The van der Waals surface area contributed by atoms with Gasteiger partial charge in [0.1, 0.15) is 11.5 Å². The summed E-state index contributed by atoms with van der Waals surface area (Å²) >= 11 is 5.30. The molecule has 1 aromatic carbocycles. The first-order valence-corrected chi connectivity index (χ1v) is 7.94. The fraction of sp³-hybridized carbons (Fsp3) is 0.286. The van der Waals surface area contributed by atoms with E-state index in [0.29, 0.717) is 6.54 Å². The highest BCUT2D eigenvalue weighted by Gasteiger charge is 2.03. The van der Waals surface area contributed by atoms with Crippen LogP contribution in [0.5, 0.6) is 0 Å². The van der Waals surface area contributed by atoms with Crippen LogP contribution in [0.1, 0.15) is 17.1 Å². The molecule has 18 heavy (non-hydrogen) atoms. The average Bonchev–Trinajstić information content (AvgIpc) is 2.79. The summed E-state index contributed by atoms with van der Waals surface area (Å²) < 4.78 is 6.79. The highest BCUT2D eigenvalue weighted by molar-refractivity contribution is 9.10. The maximum Gasteiger partial charge on any atom is 0.123 e. The summed E-state index contributed by atoms with van der Waals surface area (Å²) in [6.45, 7) is 2.79. The topological polar surface area (TPSA) is 25.2 Å². The number of rotatable bonds is 5. The maximum atomic E-state index is 5.72. The largest absolute Gasteiger partial charge is 0.463 e. The van der Waals surface area contributed by atoms with Crippen LogP contribution < -0.4 is 5.32 Å². The Balaban J connectivity index is 1.99. The molecule has 0 amide bonds. The average molecular weight is 326 g/mol. The van der Waals surface area contributed by atoms with Crippen LogP contribution in [0.25, 0.3) is 0 Å². The van der Waals surface area contributed by atoms with Crippen LogP contribution in [0, 0.1) is 6.92 Å². The number of benzene rings is 1. The van der Waals surface area contributed by atoms with Crippen molar-refractivity contribution in [2.24, 2.45) is 0 Å². The fourth-order valence-corrected chi connectivity index (χ4v) is 2.52. The molecule has 1 N–H and O–H groups in total. The van der Waals surface area contributed by atoms with Crippen LogP contribution in [0.4, 0.5) is 5.69 Å². The molecule has 0 radical (unpaired) electrons. The number of hydrogen-bond acceptors (Lipinski definition) is 3. The molecule has 0 fully saturated rings. The second-order valence-electron chi connectivity index (χ2n) is 4.14. The van der Waals surface area contributed by atoms with Gasteiger partial charge in [-0.2, -0.15) is 11.8 Å². The van der Waals surface area contributed by atoms with Crippen LogP contribution in [-0.4, -0.2) is 6.26 Å². The zero-order valence-corrected chi connectivity index (χ0v) is 12.9. The molecule has 4 heteroatoms. The molecule has 0 unspecified atom stereocenters. The van der Waals surface area contributed by atoms with Crippen molar-refractivity contribution in [2.75, 3.05) is 11.6 Å². The Morgan fingerprint density at radius 2 is 2.00 bits per heavy atom. The molecule has 0 aliphatic carbocycles. The van der Waals surface area contributed by atoms with Gasteiger partial charge in [-0.3, -0.25) is 0 Å². The molecule has 2 nitrogen and oxygen atoms in total. The van der Waals surface area contributed by atoms with Crippen molar-refractivity contribution >= 4 is 33.4 Å². The lowest BCUT2D eigenvalue weighted by molar-refractivity contribution is 0.487. The van der Waals surface area contributed by atoms with Crippen molar-refractivity contribution in [2.45, 2.75) is 19.2 Å². The summed E-state index contributed by atoms with van der Waals surface area (Å²) in [7, 11) is 0. The highest BCUT2D eigenvalue weighted by atomic mass is 79.9. The number of halogens is 1. The first kappa shape index (κ1) is 13.6. The second-order valence-corrected chi connectivity index (χ2v) is 5.86. The van der Waals surface area contributed by atoms with Crippen LogP contribution in [0.3, 0.4) is 0 Å². The molecule has 1 aromatic heterocycles. The number of anilines is 1. The van der Waals surface area contributed by atoms with E-state index in [2.05, 4.69) is 52.6 Å². The smallest absolute Gasteiger partial charge is 0.123 e. The molecule has 0 atom stereocenters. The van der Waals surface area contributed by atoms with Crippen molar-refractivity contribution in [3.05, 3.63) is 51.9 Å². The van der Waals surface area contributed by atoms with Gasteiger partial charge in [0.15, 0.2) is 0 Å². The lowest BCUT2D eigenvalue weighted by atomic mass is 10.2. The summed E-state index contributed by atoms with van der Waals surface area (Å²) in [5, 5.41) is 3.38. The molecule has 2 aromatic rings. The quantitative estimate of drug-likeness (QED) is 0.852. The Hall–Kier alpha value is -0.870. The summed E-state index contributed by atoms with van der Waals surface area (Å²) in [6, 6.07) is 10.3. The Morgan fingerprint density at radius 3 is 2.78 bits per heavy atom. The van der Waals surface area contributed by atoms with Gasteiger partial charge in [0.25, 0.3) is 0 Å². The summed E-state index contributed by atoms with van der Waals surface area (Å²) in [5.74, 6) is 2.92. The Kier molecular flexibility index (Phi) is 4.78. The number of furan rings is 1. The third-order valence-corrected chi connectivity index (χ3v) is 3.84. The van der Waals surface area contributed by atoms with Gasteiger partial charge in [0, 0.05) is 10.2 Å². The minimum absolute atomic E-state index is 0.705. The van der Waals surface area contributed by atoms with Crippen LogP contribution in [0.2, 0.25) is 0 Å². The third-order valence-electron chi connectivity index (χ3n) is 2.58. The summed E-state index contributed by atoms with van der Waals surface area (Å²) in [6.07, 6.45) is 2.07. The SMILES string of the molecule is CSCc1ccc(CNc2cc(C)ccc2Br)o1. The lowest BCUT2D eigenvalue weighted by Crippen LogP contribution is -1.99. The van der Waals surface area contributed by atoms with E-state index in [-0.39, 0.29) is 0 Å². The summed E-state index contributed by atoms with van der Waals surface area (Å²) in [4.78, 5) is 0. The molecule has 0 aliphatic heterocycles. The first-order chi connectivity index (χ1) is 8.69. The monoisotopic (exact) mass is 325 g/mol. The molecule has 1 heterocycles. The second kappa shape index (κ2) is 6.34. The number of thioether (sulfide) groups is 1. The Morgan fingerprint density at radius 1 is 1.22 bits per heavy atom. The van der Waals surface area contributed by atoms with Crippen molar-refractivity contribution in [1.82, 2.24) is 0 Å². The van der Waals surface area contributed by atoms with Gasteiger partial charge in [0.2, 0.25) is 0 Å².